The SMILES string of the molecule is CCS(=O)C1CCCC(Nc2cc(C)nc(-c3cccc([N+](=O)[O-])c3)n2)C1. The molecule has 3 rings (SSSR count). The van der Waals surface area contributed by atoms with Crippen LogP contribution >= 0.6 is 0 Å². The van der Waals surface area contributed by atoms with Crippen LogP contribution in [0.15, 0.2) is 30.3 Å². The van der Waals surface area contributed by atoms with Crippen LogP contribution in [-0.4, -0.2) is 36.1 Å². The van der Waals surface area contributed by atoms with E-state index in [1.807, 2.05) is 19.9 Å². The van der Waals surface area contributed by atoms with Crippen molar-refractivity contribution in [1.29, 1.82) is 0 Å². The van der Waals surface area contributed by atoms with Gasteiger partial charge in [0.1, 0.15) is 5.82 Å². The molecule has 1 heterocycles. The molecule has 0 bridgehead atoms. The van der Waals surface area contributed by atoms with Crippen molar-refractivity contribution in [3.63, 3.8) is 0 Å². The molecule has 2 aromatic rings. The summed E-state index contributed by atoms with van der Waals surface area (Å²) < 4.78 is 12.1. The van der Waals surface area contributed by atoms with E-state index in [0.29, 0.717) is 23.0 Å². The van der Waals surface area contributed by atoms with Crippen molar-refractivity contribution in [2.75, 3.05) is 11.1 Å². The number of aromatic nitrogens is 2. The van der Waals surface area contributed by atoms with Crippen LogP contribution in [0.25, 0.3) is 11.4 Å². The van der Waals surface area contributed by atoms with Crippen LogP contribution in [0.2, 0.25) is 0 Å². The summed E-state index contributed by atoms with van der Waals surface area (Å²) in [7, 11) is -0.774. The molecular weight excluding hydrogens is 364 g/mol. The molecule has 1 saturated carbocycles. The van der Waals surface area contributed by atoms with Gasteiger partial charge < -0.3 is 5.32 Å². The third-order valence-electron chi connectivity index (χ3n) is 4.80. The highest BCUT2D eigenvalue weighted by Gasteiger charge is 2.25. The Bertz CT molecular complexity index is 859. The average molecular weight is 388 g/mol. The van der Waals surface area contributed by atoms with Crippen molar-refractivity contribution in [1.82, 2.24) is 9.97 Å². The molecule has 0 aliphatic heterocycles. The molecule has 1 fully saturated rings. The summed E-state index contributed by atoms with van der Waals surface area (Å²) in [5.74, 6) is 1.86. The number of nitro benzene ring substituents is 1. The van der Waals surface area contributed by atoms with Crippen molar-refractivity contribution in [3.8, 4) is 11.4 Å². The number of hydrogen-bond donors (Lipinski definition) is 1. The molecule has 1 N–H and O–H groups in total. The second kappa shape index (κ2) is 8.56. The summed E-state index contributed by atoms with van der Waals surface area (Å²) in [6.07, 6.45) is 3.96. The molecule has 8 heteroatoms. The van der Waals surface area contributed by atoms with Crippen molar-refractivity contribution < 1.29 is 9.13 Å². The molecule has 0 radical (unpaired) electrons. The Balaban J connectivity index is 1.80. The number of rotatable bonds is 6. The lowest BCUT2D eigenvalue weighted by Crippen LogP contribution is -2.33. The Morgan fingerprint density at radius 3 is 2.85 bits per heavy atom. The topological polar surface area (TPSA) is 98.0 Å². The third-order valence-corrected chi connectivity index (χ3v) is 6.54. The van der Waals surface area contributed by atoms with Gasteiger partial charge in [0.25, 0.3) is 5.69 Å². The van der Waals surface area contributed by atoms with Crippen LogP contribution in [0.5, 0.6) is 0 Å². The van der Waals surface area contributed by atoms with E-state index >= 15 is 0 Å². The first-order valence-electron chi connectivity index (χ1n) is 9.20. The predicted molar refractivity (Wildman–Crippen MR) is 107 cm³/mol. The molecule has 0 amide bonds. The molecule has 1 aromatic heterocycles. The van der Waals surface area contributed by atoms with Crippen LogP contribution in [0.1, 0.15) is 38.3 Å². The fourth-order valence-electron chi connectivity index (χ4n) is 3.49. The second-order valence-corrected chi connectivity index (χ2v) is 8.83. The molecule has 7 nitrogen and oxygen atoms in total. The lowest BCUT2D eigenvalue weighted by Gasteiger charge is -2.29. The van der Waals surface area contributed by atoms with Crippen LogP contribution in [-0.2, 0) is 10.8 Å². The molecule has 27 heavy (non-hydrogen) atoms. The van der Waals surface area contributed by atoms with Gasteiger partial charge >= 0.3 is 0 Å². The smallest absolute Gasteiger partial charge is 0.270 e. The summed E-state index contributed by atoms with van der Waals surface area (Å²) >= 11 is 0. The van der Waals surface area contributed by atoms with E-state index in [-0.39, 0.29) is 17.0 Å². The zero-order chi connectivity index (χ0) is 19.4. The van der Waals surface area contributed by atoms with Crippen LogP contribution in [0.4, 0.5) is 11.5 Å². The number of hydrogen-bond acceptors (Lipinski definition) is 6. The van der Waals surface area contributed by atoms with Gasteiger partial charge in [0.05, 0.1) is 4.92 Å². The van der Waals surface area contributed by atoms with Crippen molar-refractivity contribution in [2.45, 2.75) is 50.8 Å². The number of nitrogens with one attached hydrogen (secondary N) is 1. The summed E-state index contributed by atoms with van der Waals surface area (Å²) in [6.45, 7) is 3.84. The van der Waals surface area contributed by atoms with Crippen molar-refractivity contribution in [2.24, 2.45) is 0 Å². The highest BCUT2D eigenvalue weighted by Crippen LogP contribution is 2.27. The first-order valence-corrected chi connectivity index (χ1v) is 10.6. The first-order chi connectivity index (χ1) is 13.0. The fourth-order valence-corrected chi connectivity index (χ4v) is 4.84. The van der Waals surface area contributed by atoms with Crippen molar-refractivity contribution >= 4 is 22.3 Å². The minimum atomic E-state index is -0.774. The Kier molecular flexibility index (Phi) is 6.15. The van der Waals surface area contributed by atoms with Crippen molar-refractivity contribution in [3.05, 3.63) is 46.1 Å². The number of benzene rings is 1. The van der Waals surface area contributed by atoms with E-state index in [0.717, 1.165) is 31.4 Å². The van der Waals surface area contributed by atoms with E-state index in [4.69, 9.17) is 0 Å². The van der Waals surface area contributed by atoms with Crippen LogP contribution in [0, 0.1) is 17.0 Å². The summed E-state index contributed by atoms with van der Waals surface area (Å²) in [5, 5.41) is 14.7. The largest absolute Gasteiger partial charge is 0.367 e. The molecule has 3 atom stereocenters. The minimum Gasteiger partial charge on any atom is -0.367 e. The van der Waals surface area contributed by atoms with Gasteiger partial charge in [-0.25, -0.2) is 9.97 Å². The summed E-state index contributed by atoms with van der Waals surface area (Å²) in [5.41, 5.74) is 1.42. The van der Waals surface area contributed by atoms with Crippen LogP contribution < -0.4 is 5.32 Å². The van der Waals surface area contributed by atoms with Gasteiger partial charge in [-0.2, -0.15) is 0 Å². The normalized spacial score (nSPS) is 20.8. The van der Waals surface area contributed by atoms with Gasteiger partial charge in [-0.1, -0.05) is 25.5 Å². The highest BCUT2D eigenvalue weighted by atomic mass is 32.2. The number of nitrogens with zero attached hydrogens (tertiary/aromatic N) is 3. The molecule has 1 aliphatic carbocycles. The zero-order valence-corrected chi connectivity index (χ0v) is 16.4. The second-order valence-electron chi connectivity index (χ2n) is 6.82. The average Bonchev–Trinajstić information content (AvgIpc) is 2.67. The zero-order valence-electron chi connectivity index (χ0n) is 15.6. The molecule has 1 aromatic carbocycles. The molecule has 1 aliphatic rings. The Morgan fingerprint density at radius 1 is 1.30 bits per heavy atom. The van der Waals surface area contributed by atoms with Gasteiger partial charge in [0, 0.05) is 57.3 Å². The van der Waals surface area contributed by atoms with E-state index in [1.165, 1.54) is 12.1 Å². The van der Waals surface area contributed by atoms with Gasteiger partial charge in [0.15, 0.2) is 5.82 Å². The maximum Gasteiger partial charge on any atom is 0.270 e. The van der Waals surface area contributed by atoms with Gasteiger partial charge in [-0.3, -0.25) is 14.3 Å². The fraction of sp³-hybridized carbons (Fsp3) is 0.474. The quantitative estimate of drug-likeness (QED) is 0.596. The van der Waals surface area contributed by atoms with Gasteiger partial charge in [0.2, 0.25) is 0 Å². The number of nitro groups is 1. The van der Waals surface area contributed by atoms with Crippen LogP contribution in [0.3, 0.4) is 0 Å². The number of non-ortho nitro benzene ring substituents is 1. The first kappa shape index (κ1) is 19.4. The minimum absolute atomic E-state index is 0.0179. The number of anilines is 1. The lowest BCUT2D eigenvalue weighted by molar-refractivity contribution is -0.384. The standard InChI is InChI=1S/C19H24N4O3S/c1-3-27(26)17-9-5-7-15(12-17)21-18-10-13(2)20-19(22-18)14-6-4-8-16(11-14)23(24)25/h4,6,8,10-11,15,17H,3,5,7,9,12H2,1-2H3,(H,20,21,22). The number of aryl methyl sites for hydroxylation is 1. The lowest BCUT2D eigenvalue weighted by atomic mass is 9.95. The Morgan fingerprint density at radius 2 is 2.11 bits per heavy atom. The van der Waals surface area contributed by atoms with E-state index in [1.54, 1.807) is 12.1 Å². The maximum atomic E-state index is 12.1. The Labute approximate surface area is 161 Å². The maximum absolute atomic E-state index is 12.1. The van der Waals surface area contributed by atoms with E-state index in [9.17, 15) is 14.3 Å². The van der Waals surface area contributed by atoms with E-state index < -0.39 is 15.7 Å². The van der Waals surface area contributed by atoms with Gasteiger partial charge in [-0.15, -0.1) is 0 Å². The predicted octanol–water partition coefficient (Wildman–Crippen LogP) is 3.85. The molecule has 3 unspecified atom stereocenters. The molecule has 0 spiro atoms. The highest BCUT2D eigenvalue weighted by molar-refractivity contribution is 7.85. The molecular formula is C19H24N4O3S. The van der Waals surface area contributed by atoms with Gasteiger partial charge in [-0.05, 0) is 26.2 Å². The summed E-state index contributed by atoms with van der Waals surface area (Å²) in [4.78, 5) is 19.6. The van der Waals surface area contributed by atoms with E-state index in [2.05, 4.69) is 15.3 Å². The third kappa shape index (κ3) is 4.88. The molecule has 144 valence electrons. The summed E-state index contributed by atoms with van der Waals surface area (Å²) in [6, 6.07) is 8.45. The Hall–Kier alpha value is -2.35. The molecule has 0 saturated heterocycles. The monoisotopic (exact) mass is 388 g/mol.